The molecule has 1 fully saturated rings. The summed E-state index contributed by atoms with van der Waals surface area (Å²) in [5.41, 5.74) is 9.03. The van der Waals surface area contributed by atoms with Crippen LogP contribution in [0.4, 0.5) is 5.82 Å². The minimum absolute atomic E-state index is 0.0113. The van der Waals surface area contributed by atoms with E-state index in [-0.39, 0.29) is 23.2 Å². The highest BCUT2D eigenvalue weighted by Gasteiger charge is 2.36. The normalized spacial score (nSPS) is 14.6. The molecule has 2 aromatic heterocycles. The standard InChI is InChI=1S/C30H29N7O3/c1-18-10-15-24(33-17-18)34-29(39)22-13-11-21(12-14-22)25-26(27(31)38)37(32)28(35-25)23-9-6-16-36(23)30(40)19(2)20-7-4-3-5-8-20/h3-5,7-8,10-15,17,23H,2,6,9,16,32H2,1H3,(H2,31,38)(H,33,34,39). The van der Waals surface area contributed by atoms with E-state index in [1.54, 1.807) is 41.4 Å². The van der Waals surface area contributed by atoms with E-state index in [0.29, 0.717) is 41.3 Å². The van der Waals surface area contributed by atoms with Crippen LogP contribution in [0.1, 0.15) is 56.7 Å². The molecule has 4 aromatic rings. The third-order valence-corrected chi connectivity index (χ3v) is 6.94. The van der Waals surface area contributed by atoms with Crippen LogP contribution in [0, 0.1) is 6.92 Å². The largest absolute Gasteiger partial charge is 0.364 e. The van der Waals surface area contributed by atoms with Gasteiger partial charge in [0, 0.05) is 29.4 Å². The number of likely N-dealkylation sites (tertiary alicyclic amines) is 1. The van der Waals surface area contributed by atoms with Crippen molar-refractivity contribution in [2.75, 3.05) is 17.7 Å². The van der Waals surface area contributed by atoms with Crippen LogP contribution in [0.3, 0.4) is 0 Å². The predicted octanol–water partition coefficient (Wildman–Crippen LogP) is 3.70. The number of benzene rings is 2. The number of aromatic nitrogens is 3. The van der Waals surface area contributed by atoms with Gasteiger partial charge in [-0.1, -0.05) is 55.1 Å². The molecule has 40 heavy (non-hydrogen) atoms. The first kappa shape index (κ1) is 26.4. The van der Waals surface area contributed by atoms with Crippen molar-refractivity contribution in [3.8, 4) is 11.3 Å². The van der Waals surface area contributed by atoms with Gasteiger partial charge in [0.1, 0.15) is 11.5 Å². The summed E-state index contributed by atoms with van der Waals surface area (Å²) in [7, 11) is 0. The number of pyridine rings is 1. The summed E-state index contributed by atoms with van der Waals surface area (Å²) in [6, 6.07) is 18.9. The van der Waals surface area contributed by atoms with Gasteiger partial charge in [0.25, 0.3) is 17.7 Å². The first-order chi connectivity index (χ1) is 19.2. The number of carbonyl (C=O) groups excluding carboxylic acids is 3. The summed E-state index contributed by atoms with van der Waals surface area (Å²) in [5, 5.41) is 2.75. The third kappa shape index (κ3) is 5.06. The van der Waals surface area contributed by atoms with Crippen molar-refractivity contribution in [3.05, 3.63) is 108 Å². The van der Waals surface area contributed by atoms with Gasteiger partial charge in [-0.15, -0.1) is 0 Å². The van der Waals surface area contributed by atoms with Crippen LogP contribution >= 0.6 is 0 Å². The molecule has 2 aromatic carbocycles. The zero-order chi connectivity index (χ0) is 28.4. The fraction of sp³-hybridized carbons (Fsp3) is 0.167. The zero-order valence-electron chi connectivity index (χ0n) is 22.0. The lowest BCUT2D eigenvalue weighted by molar-refractivity contribution is -0.126. The van der Waals surface area contributed by atoms with Crippen molar-refractivity contribution in [2.24, 2.45) is 5.73 Å². The Morgan fingerprint density at radius 2 is 1.73 bits per heavy atom. The number of hydrogen-bond acceptors (Lipinski definition) is 6. The highest BCUT2D eigenvalue weighted by atomic mass is 16.2. The molecule has 3 heterocycles. The second kappa shape index (κ2) is 10.9. The molecule has 1 aliphatic heterocycles. The highest BCUT2D eigenvalue weighted by molar-refractivity contribution is 6.18. The van der Waals surface area contributed by atoms with Crippen molar-refractivity contribution in [1.29, 1.82) is 0 Å². The smallest absolute Gasteiger partial charge is 0.269 e. The fourth-order valence-electron chi connectivity index (χ4n) is 4.85. The van der Waals surface area contributed by atoms with Crippen molar-refractivity contribution in [3.63, 3.8) is 0 Å². The number of nitrogens with one attached hydrogen (secondary N) is 1. The molecule has 1 unspecified atom stereocenters. The lowest BCUT2D eigenvalue weighted by Gasteiger charge is -2.25. The fourth-order valence-corrected chi connectivity index (χ4v) is 4.85. The maximum absolute atomic E-state index is 13.4. The van der Waals surface area contributed by atoms with Gasteiger partial charge in [-0.3, -0.25) is 14.4 Å². The molecule has 1 atom stereocenters. The number of nitrogen functional groups attached to an aromatic ring is 1. The van der Waals surface area contributed by atoms with E-state index in [0.717, 1.165) is 17.5 Å². The molecule has 202 valence electrons. The van der Waals surface area contributed by atoms with E-state index in [9.17, 15) is 14.4 Å². The Kier molecular flexibility index (Phi) is 7.15. The number of amides is 3. The van der Waals surface area contributed by atoms with E-state index in [1.807, 2.05) is 43.3 Å². The van der Waals surface area contributed by atoms with Crippen LogP contribution < -0.4 is 16.9 Å². The summed E-state index contributed by atoms with van der Waals surface area (Å²) < 4.78 is 1.17. The van der Waals surface area contributed by atoms with E-state index in [1.165, 1.54) is 4.68 Å². The van der Waals surface area contributed by atoms with Crippen LogP contribution in [0.25, 0.3) is 16.8 Å². The number of carbonyl (C=O) groups is 3. The molecule has 0 radical (unpaired) electrons. The molecular weight excluding hydrogens is 506 g/mol. The summed E-state index contributed by atoms with van der Waals surface area (Å²) in [6.07, 6.45) is 3.03. The van der Waals surface area contributed by atoms with Gasteiger partial charge < -0.3 is 21.8 Å². The number of aryl methyl sites for hydroxylation is 1. The molecule has 1 aliphatic rings. The molecule has 10 nitrogen and oxygen atoms in total. The molecule has 3 amide bonds. The van der Waals surface area contributed by atoms with Crippen LogP contribution in [0.2, 0.25) is 0 Å². The van der Waals surface area contributed by atoms with Gasteiger partial charge in [-0.2, -0.15) is 0 Å². The Labute approximate surface area is 231 Å². The number of imidazole rings is 1. The van der Waals surface area contributed by atoms with Gasteiger partial charge in [-0.05, 0) is 49.1 Å². The Hall–Kier alpha value is -5.25. The molecule has 1 saturated heterocycles. The molecule has 0 bridgehead atoms. The Morgan fingerprint density at radius 3 is 2.38 bits per heavy atom. The summed E-state index contributed by atoms with van der Waals surface area (Å²) >= 11 is 0. The molecule has 10 heteroatoms. The van der Waals surface area contributed by atoms with Gasteiger partial charge in [0.15, 0.2) is 11.5 Å². The predicted molar refractivity (Wildman–Crippen MR) is 152 cm³/mol. The maximum atomic E-state index is 13.4. The average Bonchev–Trinajstić information content (AvgIpc) is 3.58. The molecule has 0 aliphatic carbocycles. The van der Waals surface area contributed by atoms with Crippen molar-refractivity contribution in [1.82, 2.24) is 19.5 Å². The summed E-state index contributed by atoms with van der Waals surface area (Å²) in [4.78, 5) is 49.1. The molecular formula is C30H29N7O3. The molecule has 5 rings (SSSR count). The van der Waals surface area contributed by atoms with Gasteiger partial charge in [0.2, 0.25) is 0 Å². The van der Waals surface area contributed by atoms with Crippen molar-refractivity contribution in [2.45, 2.75) is 25.8 Å². The van der Waals surface area contributed by atoms with Crippen LogP contribution in [-0.2, 0) is 4.79 Å². The van der Waals surface area contributed by atoms with Crippen molar-refractivity contribution < 1.29 is 14.4 Å². The lowest BCUT2D eigenvalue weighted by atomic mass is 10.1. The number of anilines is 1. The Balaban J connectivity index is 1.42. The lowest BCUT2D eigenvalue weighted by Crippen LogP contribution is -2.34. The summed E-state index contributed by atoms with van der Waals surface area (Å²) in [5.74, 6) is 5.84. The monoisotopic (exact) mass is 535 g/mol. The zero-order valence-corrected chi connectivity index (χ0v) is 22.0. The molecule has 5 N–H and O–H groups in total. The maximum Gasteiger partial charge on any atom is 0.269 e. The van der Waals surface area contributed by atoms with E-state index >= 15 is 0 Å². The minimum Gasteiger partial charge on any atom is -0.364 e. The van der Waals surface area contributed by atoms with Crippen LogP contribution in [0.5, 0.6) is 0 Å². The number of nitrogens with two attached hydrogens (primary N) is 2. The number of hydrogen-bond donors (Lipinski definition) is 3. The number of primary amides is 1. The number of rotatable bonds is 7. The van der Waals surface area contributed by atoms with Crippen LogP contribution in [-0.4, -0.2) is 43.8 Å². The third-order valence-electron chi connectivity index (χ3n) is 6.94. The quantitative estimate of drug-likeness (QED) is 0.243. The van der Waals surface area contributed by atoms with Crippen molar-refractivity contribution >= 4 is 29.1 Å². The van der Waals surface area contributed by atoms with Gasteiger partial charge in [0.05, 0.1) is 6.04 Å². The second-order valence-electron chi connectivity index (χ2n) is 9.65. The number of nitrogens with zero attached hydrogens (tertiary/aromatic N) is 4. The second-order valence-corrected chi connectivity index (χ2v) is 9.65. The van der Waals surface area contributed by atoms with E-state index < -0.39 is 11.9 Å². The topological polar surface area (TPSA) is 149 Å². The molecule has 0 spiro atoms. The van der Waals surface area contributed by atoms with Gasteiger partial charge >= 0.3 is 0 Å². The Morgan fingerprint density at radius 1 is 1.00 bits per heavy atom. The molecule has 0 saturated carbocycles. The van der Waals surface area contributed by atoms with Gasteiger partial charge in [-0.25, -0.2) is 14.6 Å². The van der Waals surface area contributed by atoms with E-state index in [2.05, 4.69) is 16.9 Å². The average molecular weight is 536 g/mol. The SMILES string of the molecule is C=C(C(=O)N1CCCC1c1nc(-c2ccc(C(=O)Nc3ccc(C)cn3)cc2)c(C(N)=O)n1N)c1ccccc1. The first-order valence-corrected chi connectivity index (χ1v) is 12.8. The highest BCUT2D eigenvalue weighted by Crippen LogP contribution is 2.36. The minimum atomic E-state index is -0.756. The van der Waals surface area contributed by atoms with E-state index in [4.69, 9.17) is 16.6 Å². The Bertz CT molecular complexity index is 1590. The first-order valence-electron chi connectivity index (χ1n) is 12.8. The summed E-state index contributed by atoms with van der Waals surface area (Å²) in [6.45, 7) is 6.43. The van der Waals surface area contributed by atoms with Crippen LogP contribution in [0.15, 0.2) is 79.5 Å².